The van der Waals surface area contributed by atoms with Crippen LogP contribution in [0.25, 0.3) is 6.08 Å². The molecule has 0 aliphatic carbocycles. The lowest BCUT2D eigenvalue weighted by Crippen LogP contribution is -2.33. The van der Waals surface area contributed by atoms with E-state index in [9.17, 15) is 9.59 Å². The van der Waals surface area contributed by atoms with Gasteiger partial charge in [-0.3, -0.25) is 14.5 Å². The molecule has 25 heavy (non-hydrogen) atoms. The van der Waals surface area contributed by atoms with Crippen molar-refractivity contribution in [2.45, 2.75) is 19.8 Å². The third kappa shape index (κ3) is 3.88. The lowest BCUT2D eigenvalue weighted by Gasteiger charge is -2.20. The van der Waals surface area contributed by atoms with Gasteiger partial charge in [-0.1, -0.05) is 30.0 Å². The van der Waals surface area contributed by atoms with Gasteiger partial charge in [0.15, 0.2) is 0 Å². The van der Waals surface area contributed by atoms with Gasteiger partial charge in [-0.25, -0.2) is 0 Å². The van der Waals surface area contributed by atoms with Crippen LogP contribution < -0.4 is 4.90 Å². The number of rotatable bonds is 4. The summed E-state index contributed by atoms with van der Waals surface area (Å²) >= 11 is 6.42. The molecule has 0 spiro atoms. The van der Waals surface area contributed by atoms with Gasteiger partial charge in [-0.15, -0.1) is 0 Å². The molecule has 0 bridgehead atoms. The predicted molar refractivity (Wildman–Crippen MR) is 105 cm³/mol. The molecule has 1 amide bonds. The van der Waals surface area contributed by atoms with E-state index in [0.717, 1.165) is 18.7 Å². The first-order chi connectivity index (χ1) is 12.0. The summed E-state index contributed by atoms with van der Waals surface area (Å²) in [5.74, 6) is -0.731. The second-order valence-corrected chi connectivity index (χ2v) is 7.76. The molecule has 2 aliphatic rings. The highest BCUT2D eigenvalue weighted by molar-refractivity contribution is 8.26. The van der Waals surface area contributed by atoms with Gasteiger partial charge >= 0.3 is 5.97 Å². The number of aryl methyl sites for hydroxylation is 1. The van der Waals surface area contributed by atoms with E-state index in [1.807, 2.05) is 12.1 Å². The number of hydrogen-bond acceptors (Lipinski definition) is 6. The van der Waals surface area contributed by atoms with Gasteiger partial charge in [0, 0.05) is 18.8 Å². The summed E-state index contributed by atoms with van der Waals surface area (Å²) < 4.78 is 5.00. The van der Waals surface area contributed by atoms with Crippen molar-refractivity contribution >= 4 is 51.9 Å². The third-order valence-electron chi connectivity index (χ3n) is 4.35. The quantitative estimate of drug-likeness (QED) is 0.457. The maximum atomic E-state index is 12.5. The number of esters is 1. The summed E-state index contributed by atoms with van der Waals surface area (Å²) in [7, 11) is 1.29. The fourth-order valence-electron chi connectivity index (χ4n) is 3.06. The molecule has 0 aromatic heterocycles. The highest BCUT2D eigenvalue weighted by atomic mass is 32.2. The summed E-state index contributed by atoms with van der Waals surface area (Å²) in [5.41, 5.74) is 3.41. The fourth-order valence-corrected chi connectivity index (χ4v) is 4.32. The van der Waals surface area contributed by atoms with E-state index in [0.29, 0.717) is 9.23 Å². The fraction of sp³-hybridized carbons (Fsp3) is 0.389. The highest BCUT2D eigenvalue weighted by Gasteiger charge is 2.33. The molecular weight excluding hydrogens is 356 g/mol. The zero-order chi connectivity index (χ0) is 18.0. The molecule has 0 saturated carbocycles. The van der Waals surface area contributed by atoms with E-state index < -0.39 is 5.97 Å². The second-order valence-electron chi connectivity index (χ2n) is 6.08. The van der Waals surface area contributed by atoms with Crippen LogP contribution >= 0.6 is 24.0 Å². The van der Waals surface area contributed by atoms with Crippen LogP contribution in [-0.4, -0.2) is 47.8 Å². The minimum absolute atomic E-state index is 0.147. The van der Waals surface area contributed by atoms with Gasteiger partial charge in [-0.2, -0.15) is 0 Å². The Labute approximate surface area is 157 Å². The van der Waals surface area contributed by atoms with Crippen LogP contribution in [0.3, 0.4) is 0 Å². The van der Waals surface area contributed by atoms with Crippen molar-refractivity contribution in [1.82, 2.24) is 4.90 Å². The molecule has 3 rings (SSSR count). The maximum Gasteiger partial charge on any atom is 0.325 e. The van der Waals surface area contributed by atoms with Crippen LogP contribution in [0.5, 0.6) is 0 Å². The monoisotopic (exact) mass is 376 g/mol. The molecule has 2 aliphatic heterocycles. The molecule has 1 aromatic rings. The number of benzene rings is 1. The summed E-state index contributed by atoms with van der Waals surface area (Å²) in [5, 5.41) is 0. The van der Waals surface area contributed by atoms with Crippen LogP contribution in [0.2, 0.25) is 0 Å². The Morgan fingerprint density at radius 3 is 2.72 bits per heavy atom. The van der Waals surface area contributed by atoms with Crippen LogP contribution in [0.1, 0.15) is 24.0 Å². The van der Waals surface area contributed by atoms with E-state index in [-0.39, 0.29) is 12.5 Å². The Kier molecular flexibility index (Phi) is 5.44. The van der Waals surface area contributed by atoms with Crippen molar-refractivity contribution < 1.29 is 14.3 Å². The summed E-state index contributed by atoms with van der Waals surface area (Å²) in [6.45, 7) is 4.15. The number of thiocarbonyl (C=S) groups is 1. The SMILES string of the molecule is COC(=O)CN1C(=O)/C(=C/c2ccc(N3CCCC3)c(C)c2)SC1=S. The predicted octanol–water partition coefficient (Wildman–Crippen LogP) is 2.97. The number of nitrogens with zero attached hydrogens (tertiary/aromatic N) is 2. The molecule has 1 aromatic carbocycles. The van der Waals surface area contributed by atoms with E-state index in [4.69, 9.17) is 12.2 Å². The van der Waals surface area contributed by atoms with Crippen LogP contribution in [0.4, 0.5) is 5.69 Å². The van der Waals surface area contributed by atoms with Crippen LogP contribution in [0, 0.1) is 6.92 Å². The number of hydrogen-bond donors (Lipinski definition) is 0. The zero-order valence-corrected chi connectivity index (χ0v) is 15.9. The lowest BCUT2D eigenvalue weighted by atomic mass is 10.1. The van der Waals surface area contributed by atoms with Gasteiger partial charge in [0.25, 0.3) is 5.91 Å². The molecule has 2 heterocycles. The van der Waals surface area contributed by atoms with Crippen LogP contribution in [-0.2, 0) is 14.3 Å². The number of methoxy groups -OCH3 is 1. The first-order valence-electron chi connectivity index (χ1n) is 8.17. The number of thioether (sulfide) groups is 1. The highest BCUT2D eigenvalue weighted by Crippen LogP contribution is 2.33. The Hall–Kier alpha value is -1.86. The van der Waals surface area contributed by atoms with E-state index in [1.54, 1.807) is 0 Å². The van der Waals surface area contributed by atoms with Gasteiger partial charge in [-0.05, 0) is 49.1 Å². The van der Waals surface area contributed by atoms with E-state index >= 15 is 0 Å². The van der Waals surface area contributed by atoms with Crippen molar-refractivity contribution in [3.8, 4) is 0 Å². The Balaban J connectivity index is 1.78. The first-order valence-corrected chi connectivity index (χ1v) is 9.40. The molecule has 0 atom stereocenters. The maximum absolute atomic E-state index is 12.5. The Bertz CT molecular complexity index is 755. The Morgan fingerprint density at radius 1 is 1.36 bits per heavy atom. The number of ether oxygens (including phenoxy) is 1. The molecule has 132 valence electrons. The van der Waals surface area contributed by atoms with Gasteiger partial charge in [0.1, 0.15) is 10.9 Å². The minimum Gasteiger partial charge on any atom is -0.468 e. The summed E-state index contributed by atoms with van der Waals surface area (Å²) in [6.07, 6.45) is 4.31. The van der Waals surface area contributed by atoms with Crippen molar-refractivity contribution in [2.24, 2.45) is 0 Å². The number of carbonyl (C=O) groups excluding carboxylic acids is 2. The molecule has 2 saturated heterocycles. The third-order valence-corrected chi connectivity index (χ3v) is 5.73. The average Bonchev–Trinajstić information content (AvgIpc) is 3.20. The zero-order valence-electron chi connectivity index (χ0n) is 14.3. The van der Waals surface area contributed by atoms with E-state index in [1.165, 1.54) is 47.9 Å². The summed E-state index contributed by atoms with van der Waals surface area (Å²) in [6, 6.07) is 6.22. The van der Waals surface area contributed by atoms with Crippen molar-refractivity contribution in [3.63, 3.8) is 0 Å². The van der Waals surface area contributed by atoms with Crippen LogP contribution in [0.15, 0.2) is 23.1 Å². The molecule has 0 N–H and O–H groups in total. The van der Waals surface area contributed by atoms with Crippen molar-refractivity contribution in [1.29, 1.82) is 0 Å². The average molecular weight is 377 g/mol. The minimum atomic E-state index is -0.483. The van der Waals surface area contributed by atoms with Gasteiger partial charge in [0.05, 0.1) is 12.0 Å². The Morgan fingerprint density at radius 2 is 2.08 bits per heavy atom. The molecule has 7 heteroatoms. The van der Waals surface area contributed by atoms with Crippen molar-refractivity contribution in [3.05, 3.63) is 34.2 Å². The van der Waals surface area contributed by atoms with Crippen molar-refractivity contribution in [2.75, 3.05) is 31.6 Å². The number of anilines is 1. The molecule has 5 nitrogen and oxygen atoms in total. The van der Waals surface area contributed by atoms with Gasteiger partial charge < -0.3 is 9.64 Å². The number of carbonyl (C=O) groups is 2. The lowest BCUT2D eigenvalue weighted by molar-refractivity contribution is -0.143. The second kappa shape index (κ2) is 7.58. The normalized spacial score (nSPS) is 19.2. The van der Waals surface area contributed by atoms with Gasteiger partial charge in [0.2, 0.25) is 0 Å². The largest absolute Gasteiger partial charge is 0.468 e. The topological polar surface area (TPSA) is 49.9 Å². The molecule has 2 fully saturated rings. The molecular formula is C18H20N2O3S2. The standard InChI is InChI=1S/C18H20N2O3S2/c1-12-9-13(5-6-14(12)19-7-3-4-8-19)10-15-17(22)20(18(24)25-15)11-16(21)23-2/h5-6,9-10H,3-4,7-8,11H2,1-2H3/b15-10-. The number of amides is 1. The van der Waals surface area contributed by atoms with E-state index in [2.05, 4.69) is 28.7 Å². The summed E-state index contributed by atoms with van der Waals surface area (Å²) in [4.78, 5) is 28.1. The smallest absolute Gasteiger partial charge is 0.325 e. The molecule has 0 radical (unpaired) electrons. The first kappa shape index (κ1) is 17.9. The molecule has 0 unspecified atom stereocenters.